The molecule has 0 bridgehead atoms. The minimum absolute atomic E-state index is 0.319. The van der Waals surface area contributed by atoms with E-state index in [1.54, 1.807) is 6.08 Å². The van der Waals surface area contributed by atoms with Crippen molar-refractivity contribution in [3.05, 3.63) is 70.9 Å². The molecule has 2 aromatic carbocycles. The van der Waals surface area contributed by atoms with Crippen LogP contribution >= 0.6 is 11.3 Å². The number of amides is 1. The summed E-state index contributed by atoms with van der Waals surface area (Å²) in [7, 11) is 0. The summed E-state index contributed by atoms with van der Waals surface area (Å²) < 4.78 is 4.93. The molecule has 24 heavy (non-hydrogen) atoms. The summed E-state index contributed by atoms with van der Waals surface area (Å²) in [6, 6.07) is 17.3. The summed E-state index contributed by atoms with van der Waals surface area (Å²) in [5.41, 5.74) is 0.670. The second-order valence-corrected chi connectivity index (χ2v) is 6.05. The molecule has 0 spiro atoms. The Balaban J connectivity index is 1.52. The third-order valence-corrected chi connectivity index (χ3v) is 4.14. The number of esters is 1. The molecule has 3 rings (SSSR count). The number of fused-ring (bicyclic) bond motifs is 1. The standard InChI is InChI=1S/C19H15NO3S/c21-18(13-23-19(22)10-9-17-6-3-11-24-17)20-16-8-7-14-4-1-2-5-15(14)12-16/h1-12H,13H2,(H,20,21)/b10-9+. The first-order valence-corrected chi connectivity index (χ1v) is 8.26. The van der Waals surface area contributed by atoms with Crippen molar-refractivity contribution in [3.8, 4) is 0 Å². The molecular formula is C19H15NO3S. The Bertz CT molecular complexity index is 885. The van der Waals surface area contributed by atoms with Gasteiger partial charge in [0.15, 0.2) is 6.61 Å². The molecule has 1 amide bonds. The van der Waals surface area contributed by atoms with E-state index in [0.29, 0.717) is 5.69 Å². The minimum Gasteiger partial charge on any atom is -0.452 e. The Morgan fingerprint density at radius 1 is 1.04 bits per heavy atom. The number of hydrogen-bond acceptors (Lipinski definition) is 4. The van der Waals surface area contributed by atoms with E-state index in [9.17, 15) is 9.59 Å². The number of ether oxygens (including phenoxy) is 1. The van der Waals surface area contributed by atoms with Crippen LogP contribution in [0.3, 0.4) is 0 Å². The normalized spacial score (nSPS) is 10.8. The number of carbonyl (C=O) groups is 2. The molecule has 0 radical (unpaired) electrons. The van der Waals surface area contributed by atoms with Crippen molar-refractivity contribution in [1.29, 1.82) is 0 Å². The van der Waals surface area contributed by atoms with Crippen LogP contribution in [0.1, 0.15) is 4.88 Å². The summed E-state index contributed by atoms with van der Waals surface area (Å²) in [6.45, 7) is -0.319. The van der Waals surface area contributed by atoms with Gasteiger partial charge in [-0.2, -0.15) is 0 Å². The number of benzene rings is 2. The summed E-state index contributed by atoms with van der Waals surface area (Å²) in [5, 5.41) is 6.77. The average molecular weight is 337 g/mol. The molecule has 0 aliphatic heterocycles. The van der Waals surface area contributed by atoms with Gasteiger partial charge in [0.2, 0.25) is 0 Å². The number of thiophene rings is 1. The Morgan fingerprint density at radius 3 is 2.67 bits per heavy atom. The monoisotopic (exact) mass is 337 g/mol. The molecule has 5 heteroatoms. The Hall–Kier alpha value is -2.92. The second-order valence-electron chi connectivity index (χ2n) is 5.07. The molecule has 1 heterocycles. The van der Waals surface area contributed by atoms with Crippen molar-refractivity contribution < 1.29 is 14.3 Å². The lowest BCUT2D eigenvalue weighted by atomic mass is 10.1. The molecule has 0 aliphatic rings. The van der Waals surface area contributed by atoms with Crippen molar-refractivity contribution in [3.63, 3.8) is 0 Å². The molecule has 120 valence electrons. The number of nitrogens with one attached hydrogen (secondary N) is 1. The van der Waals surface area contributed by atoms with E-state index in [-0.39, 0.29) is 12.5 Å². The van der Waals surface area contributed by atoms with Crippen molar-refractivity contribution in [2.24, 2.45) is 0 Å². The lowest BCUT2D eigenvalue weighted by Crippen LogP contribution is -2.20. The molecule has 0 fully saturated rings. The third-order valence-electron chi connectivity index (χ3n) is 3.31. The van der Waals surface area contributed by atoms with E-state index in [4.69, 9.17) is 4.74 Å². The van der Waals surface area contributed by atoms with Crippen LogP contribution in [-0.2, 0) is 14.3 Å². The summed E-state index contributed by atoms with van der Waals surface area (Å²) in [4.78, 5) is 24.4. The highest BCUT2D eigenvalue weighted by molar-refractivity contribution is 7.10. The third kappa shape index (κ3) is 4.30. The first-order valence-electron chi connectivity index (χ1n) is 7.38. The Morgan fingerprint density at radius 2 is 1.88 bits per heavy atom. The molecule has 3 aromatic rings. The lowest BCUT2D eigenvalue weighted by molar-refractivity contribution is -0.142. The fourth-order valence-corrected chi connectivity index (χ4v) is 2.80. The predicted molar refractivity (Wildman–Crippen MR) is 96.9 cm³/mol. The highest BCUT2D eigenvalue weighted by Crippen LogP contribution is 2.18. The van der Waals surface area contributed by atoms with E-state index in [0.717, 1.165) is 15.6 Å². The molecule has 0 atom stereocenters. The van der Waals surface area contributed by atoms with Crippen molar-refractivity contribution >= 4 is 45.7 Å². The molecule has 1 aromatic heterocycles. The SMILES string of the molecule is O=C(COC(=O)/C=C/c1cccs1)Nc1ccc2ccccc2c1. The van der Waals surface area contributed by atoms with Gasteiger partial charge in [-0.05, 0) is 40.4 Å². The fourth-order valence-electron chi connectivity index (χ4n) is 2.19. The molecule has 0 aliphatic carbocycles. The predicted octanol–water partition coefficient (Wildman–Crippen LogP) is 4.10. The van der Waals surface area contributed by atoms with Crippen LogP contribution in [0.2, 0.25) is 0 Å². The summed E-state index contributed by atoms with van der Waals surface area (Å²) >= 11 is 1.52. The van der Waals surface area contributed by atoms with Gasteiger partial charge in [0, 0.05) is 16.6 Å². The average Bonchev–Trinajstić information content (AvgIpc) is 3.11. The quantitative estimate of drug-likeness (QED) is 0.563. The van der Waals surface area contributed by atoms with Crippen LogP contribution in [0.25, 0.3) is 16.8 Å². The van der Waals surface area contributed by atoms with Crippen molar-refractivity contribution in [2.75, 3.05) is 11.9 Å². The zero-order valence-corrected chi connectivity index (χ0v) is 13.6. The Labute approximate surface area is 143 Å². The molecule has 0 saturated heterocycles. The zero-order valence-electron chi connectivity index (χ0n) is 12.8. The maximum Gasteiger partial charge on any atom is 0.331 e. The fraction of sp³-hybridized carbons (Fsp3) is 0.0526. The minimum atomic E-state index is -0.544. The van der Waals surface area contributed by atoms with Gasteiger partial charge < -0.3 is 10.1 Å². The molecular weight excluding hydrogens is 322 g/mol. The first-order chi connectivity index (χ1) is 11.7. The second kappa shape index (κ2) is 7.57. The van der Waals surface area contributed by atoms with Gasteiger partial charge >= 0.3 is 5.97 Å². The topological polar surface area (TPSA) is 55.4 Å². The maximum absolute atomic E-state index is 11.9. The maximum atomic E-state index is 11.9. The van der Waals surface area contributed by atoms with Crippen LogP contribution in [0.4, 0.5) is 5.69 Å². The van der Waals surface area contributed by atoms with E-state index in [2.05, 4.69) is 5.32 Å². The molecule has 1 N–H and O–H groups in total. The van der Waals surface area contributed by atoms with Gasteiger partial charge in [-0.1, -0.05) is 36.4 Å². The molecule has 0 unspecified atom stereocenters. The number of hydrogen-bond donors (Lipinski definition) is 1. The highest BCUT2D eigenvalue weighted by Gasteiger charge is 2.06. The van der Waals surface area contributed by atoms with Gasteiger partial charge in [-0.3, -0.25) is 4.79 Å². The van der Waals surface area contributed by atoms with E-state index in [1.807, 2.05) is 60.0 Å². The Kier molecular flexibility index (Phi) is 5.03. The van der Waals surface area contributed by atoms with Crippen LogP contribution in [0.5, 0.6) is 0 Å². The number of carbonyl (C=O) groups excluding carboxylic acids is 2. The van der Waals surface area contributed by atoms with E-state index >= 15 is 0 Å². The smallest absolute Gasteiger partial charge is 0.331 e. The van der Waals surface area contributed by atoms with Gasteiger partial charge in [0.05, 0.1) is 0 Å². The summed E-state index contributed by atoms with van der Waals surface area (Å²) in [6.07, 6.45) is 2.98. The lowest BCUT2D eigenvalue weighted by Gasteiger charge is -2.06. The first kappa shape index (κ1) is 16.0. The van der Waals surface area contributed by atoms with Crippen LogP contribution in [0.15, 0.2) is 66.1 Å². The van der Waals surface area contributed by atoms with Crippen molar-refractivity contribution in [2.45, 2.75) is 0 Å². The van der Waals surface area contributed by atoms with Crippen molar-refractivity contribution in [1.82, 2.24) is 0 Å². The molecule has 0 saturated carbocycles. The number of rotatable bonds is 5. The van der Waals surface area contributed by atoms with Gasteiger partial charge in [0.1, 0.15) is 0 Å². The highest BCUT2D eigenvalue weighted by atomic mass is 32.1. The zero-order chi connectivity index (χ0) is 16.8. The number of anilines is 1. The van der Waals surface area contributed by atoms with Gasteiger partial charge in [0.25, 0.3) is 5.91 Å². The van der Waals surface area contributed by atoms with Gasteiger partial charge in [-0.25, -0.2) is 4.79 Å². The molecule has 4 nitrogen and oxygen atoms in total. The van der Waals surface area contributed by atoms with Crippen LogP contribution < -0.4 is 5.32 Å². The summed E-state index contributed by atoms with van der Waals surface area (Å²) in [5.74, 6) is -0.916. The van der Waals surface area contributed by atoms with Gasteiger partial charge in [-0.15, -0.1) is 11.3 Å². The van der Waals surface area contributed by atoms with E-state index in [1.165, 1.54) is 17.4 Å². The largest absolute Gasteiger partial charge is 0.452 e. The van der Waals surface area contributed by atoms with Crippen LogP contribution in [0, 0.1) is 0 Å². The van der Waals surface area contributed by atoms with E-state index < -0.39 is 5.97 Å². The van der Waals surface area contributed by atoms with Crippen LogP contribution in [-0.4, -0.2) is 18.5 Å².